The molecule has 3 aromatic carbocycles. The molecular weight excluding hydrogens is 593 g/mol. The Morgan fingerprint density at radius 2 is 1.75 bits per heavy atom. The Bertz CT molecular complexity index is 1570. The third-order valence-electron chi connectivity index (χ3n) is 6.49. The molecule has 0 radical (unpaired) electrons. The van der Waals surface area contributed by atoms with Crippen molar-refractivity contribution in [3.8, 4) is 5.75 Å². The number of ether oxygens (including phenoxy) is 1. The first-order valence-corrected chi connectivity index (χ1v) is 15.1. The van der Waals surface area contributed by atoms with Crippen LogP contribution in [0.3, 0.4) is 0 Å². The van der Waals surface area contributed by atoms with Crippen LogP contribution >= 0.6 is 35.3 Å². The summed E-state index contributed by atoms with van der Waals surface area (Å²) < 4.78 is 34.7. The van der Waals surface area contributed by atoms with Crippen molar-refractivity contribution in [3.63, 3.8) is 0 Å². The van der Waals surface area contributed by atoms with Gasteiger partial charge in [-0.15, -0.1) is 12.4 Å². The van der Waals surface area contributed by atoms with Crippen LogP contribution in [0.2, 0.25) is 5.02 Å². The molecule has 1 fully saturated rings. The number of nitrogens with one attached hydrogen (secondary N) is 2. The van der Waals surface area contributed by atoms with Crippen molar-refractivity contribution in [1.82, 2.24) is 15.2 Å². The van der Waals surface area contributed by atoms with E-state index in [0.29, 0.717) is 18.1 Å². The Morgan fingerprint density at radius 1 is 1.02 bits per heavy atom. The second-order valence-electron chi connectivity index (χ2n) is 8.99. The molecule has 1 saturated heterocycles. The number of halogens is 2. The predicted molar refractivity (Wildman–Crippen MR) is 163 cm³/mol. The maximum atomic E-state index is 12.9. The van der Waals surface area contributed by atoms with Crippen LogP contribution in [-0.4, -0.2) is 70.6 Å². The van der Waals surface area contributed by atoms with Gasteiger partial charge in [0.1, 0.15) is 11.3 Å². The topological polar surface area (TPSA) is 104 Å². The number of anilines is 2. The number of nitrogens with zero attached hydrogens (tertiary/aromatic N) is 3. The maximum absolute atomic E-state index is 12.9. The number of piperazine rings is 1. The zero-order valence-electron chi connectivity index (χ0n) is 21.7. The number of carbonyl (C=O) groups excluding carboxylic acids is 1. The second-order valence-corrected chi connectivity index (χ2v) is 12.1. The summed E-state index contributed by atoms with van der Waals surface area (Å²) in [6, 6.07) is 18.3. The quantitative estimate of drug-likeness (QED) is 0.278. The van der Waals surface area contributed by atoms with Gasteiger partial charge in [0.2, 0.25) is 0 Å². The number of para-hydroxylation sites is 2. The van der Waals surface area contributed by atoms with E-state index in [1.165, 1.54) is 24.3 Å². The number of aromatic nitrogens is 1. The molecular formula is C27H29Cl2N5O4S2. The Hall–Kier alpha value is -3.09. The van der Waals surface area contributed by atoms with Crippen molar-refractivity contribution in [2.75, 3.05) is 56.0 Å². The van der Waals surface area contributed by atoms with Crippen LogP contribution in [-0.2, 0) is 10.0 Å². The SMILES string of the molecule is COc1cccc2sc(N3CCN(CCNC(=O)c4ccccc4NS(=O)(=O)c4ccc(Cl)cc4)CC3)nc12.Cl. The molecule has 0 bridgehead atoms. The molecule has 212 valence electrons. The lowest BCUT2D eigenvalue weighted by Gasteiger charge is -2.34. The van der Waals surface area contributed by atoms with Crippen molar-refractivity contribution < 1.29 is 17.9 Å². The van der Waals surface area contributed by atoms with Crippen molar-refractivity contribution in [3.05, 3.63) is 77.3 Å². The van der Waals surface area contributed by atoms with Crippen molar-refractivity contribution in [2.45, 2.75) is 4.90 Å². The first-order chi connectivity index (χ1) is 18.8. The van der Waals surface area contributed by atoms with Gasteiger partial charge < -0.3 is 15.0 Å². The summed E-state index contributed by atoms with van der Waals surface area (Å²) in [5.41, 5.74) is 1.36. The molecule has 2 N–H and O–H groups in total. The van der Waals surface area contributed by atoms with E-state index in [0.717, 1.165) is 47.3 Å². The Morgan fingerprint density at radius 3 is 2.48 bits per heavy atom. The van der Waals surface area contributed by atoms with Gasteiger partial charge in [-0.3, -0.25) is 14.4 Å². The lowest BCUT2D eigenvalue weighted by atomic mass is 10.1. The van der Waals surface area contributed by atoms with Crippen LogP contribution in [0.15, 0.2) is 71.6 Å². The number of methoxy groups -OCH3 is 1. The molecule has 1 amide bonds. The highest BCUT2D eigenvalue weighted by Gasteiger charge is 2.22. The van der Waals surface area contributed by atoms with Crippen molar-refractivity contribution in [2.24, 2.45) is 0 Å². The van der Waals surface area contributed by atoms with Gasteiger partial charge in [0.25, 0.3) is 15.9 Å². The van der Waals surface area contributed by atoms with E-state index in [2.05, 4.69) is 25.9 Å². The molecule has 9 nitrogen and oxygen atoms in total. The smallest absolute Gasteiger partial charge is 0.261 e. The normalized spacial score (nSPS) is 14.0. The number of fused-ring (bicyclic) bond motifs is 1. The summed E-state index contributed by atoms with van der Waals surface area (Å²) in [5, 5.41) is 4.35. The Balaban J connectivity index is 0.00000370. The van der Waals surface area contributed by atoms with Crippen LogP contribution in [0.1, 0.15) is 10.4 Å². The lowest BCUT2D eigenvalue weighted by molar-refractivity contribution is 0.0948. The second kappa shape index (κ2) is 13.0. The maximum Gasteiger partial charge on any atom is 0.261 e. The van der Waals surface area contributed by atoms with Gasteiger partial charge in [0.05, 0.1) is 28.0 Å². The van der Waals surface area contributed by atoms with E-state index < -0.39 is 10.0 Å². The molecule has 0 saturated carbocycles. The van der Waals surface area contributed by atoms with Gasteiger partial charge in [-0.05, 0) is 48.5 Å². The van der Waals surface area contributed by atoms with E-state index in [4.69, 9.17) is 21.3 Å². The van der Waals surface area contributed by atoms with E-state index >= 15 is 0 Å². The van der Waals surface area contributed by atoms with Crippen LogP contribution in [0.4, 0.5) is 10.8 Å². The number of rotatable bonds is 9. The molecule has 40 heavy (non-hydrogen) atoms. The monoisotopic (exact) mass is 621 g/mol. The number of benzene rings is 3. The number of amides is 1. The summed E-state index contributed by atoms with van der Waals surface area (Å²) in [5.74, 6) is 0.440. The summed E-state index contributed by atoms with van der Waals surface area (Å²) in [7, 11) is -2.22. The molecule has 2 heterocycles. The van der Waals surface area contributed by atoms with Crippen LogP contribution in [0, 0.1) is 0 Å². The summed E-state index contributed by atoms with van der Waals surface area (Å²) in [6.45, 7) is 4.50. The lowest BCUT2D eigenvalue weighted by Crippen LogP contribution is -2.48. The van der Waals surface area contributed by atoms with Gasteiger partial charge >= 0.3 is 0 Å². The Kier molecular flexibility index (Phi) is 9.75. The largest absolute Gasteiger partial charge is 0.494 e. The number of thiazole rings is 1. The number of hydrogen-bond acceptors (Lipinski definition) is 8. The minimum absolute atomic E-state index is 0. The van der Waals surface area contributed by atoms with Gasteiger partial charge in [-0.2, -0.15) is 0 Å². The third kappa shape index (κ3) is 6.79. The molecule has 4 aromatic rings. The highest BCUT2D eigenvalue weighted by Crippen LogP contribution is 2.34. The van der Waals surface area contributed by atoms with E-state index in [-0.39, 0.29) is 34.5 Å². The number of sulfonamides is 1. The predicted octanol–water partition coefficient (Wildman–Crippen LogP) is 4.73. The van der Waals surface area contributed by atoms with Gasteiger partial charge in [0.15, 0.2) is 5.13 Å². The Labute approximate surface area is 248 Å². The molecule has 1 aromatic heterocycles. The van der Waals surface area contributed by atoms with Crippen LogP contribution in [0.25, 0.3) is 10.2 Å². The average molecular weight is 623 g/mol. The molecule has 1 aliphatic heterocycles. The fourth-order valence-electron chi connectivity index (χ4n) is 4.38. The first-order valence-electron chi connectivity index (χ1n) is 12.4. The average Bonchev–Trinajstić information content (AvgIpc) is 3.38. The summed E-state index contributed by atoms with van der Waals surface area (Å²) >= 11 is 7.54. The van der Waals surface area contributed by atoms with Gasteiger partial charge in [-0.1, -0.05) is 41.1 Å². The van der Waals surface area contributed by atoms with E-state index in [9.17, 15) is 13.2 Å². The summed E-state index contributed by atoms with van der Waals surface area (Å²) in [6.07, 6.45) is 0. The third-order valence-corrected chi connectivity index (χ3v) is 9.20. The van der Waals surface area contributed by atoms with Crippen LogP contribution in [0.5, 0.6) is 5.75 Å². The van der Waals surface area contributed by atoms with E-state index in [1.807, 2.05) is 12.1 Å². The highest BCUT2D eigenvalue weighted by molar-refractivity contribution is 7.92. The van der Waals surface area contributed by atoms with E-state index in [1.54, 1.807) is 42.7 Å². The molecule has 1 aliphatic rings. The van der Waals surface area contributed by atoms with Gasteiger partial charge in [0, 0.05) is 44.3 Å². The molecule has 0 aliphatic carbocycles. The molecule has 5 rings (SSSR count). The fourth-order valence-corrected chi connectivity index (χ4v) is 6.63. The van der Waals surface area contributed by atoms with Crippen molar-refractivity contribution in [1.29, 1.82) is 0 Å². The summed E-state index contributed by atoms with van der Waals surface area (Å²) in [4.78, 5) is 22.4. The van der Waals surface area contributed by atoms with Crippen molar-refractivity contribution >= 4 is 72.3 Å². The molecule has 0 spiro atoms. The zero-order chi connectivity index (χ0) is 27.4. The minimum Gasteiger partial charge on any atom is -0.494 e. The molecule has 0 unspecified atom stereocenters. The number of hydrogen-bond donors (Lipinski definition) is 2. The first kappa shape index (κ1) is 29.9. The minimum atomic E-state index is -3.88. The fraction of sp³-hybridized carbons (Fsp3) is 0.259. The zero-order valence-corrected chi connectivity index (χ0v) is 24.9. The molecule has 13 heteroatoms. The number of carbonyl (C=O) groups is 1. The standard InChI is InChI=1S/C27H28ClN5O4S2.ClH/c1-37-23-7-4-8-24-25(23)30-27(38-24)33-17-15-32(16-18-33)14-13-29-26(34)21-5-2-3-6-22(21)31-39(35,36)20-11-9-19(28)10-12-20;/h2-12,31H,13-18H2,1H3,(H,29,34);1H. The highest BCUT2D eigenvalue weighted by atomic mass is 35.5. The van der Waals surface area contributed by atoms with Gasteiger partial charge in [-0.25, -0.2) is 13.4 Å². The van der Waals surface area contributed by atoms with Crippen LogP contribution < -0.4 is 19.7 Å². The molecule has 0 atom stereocenters.